The van der Waals surface area contributed by atoms with Gasteiger partial charge >= 0.3 is 12.1 Å². The minimum Gasteiger partial charge on any atom is -0.481 e. The van der Waals surface area contributed by atoms with Gasteiger partial charge in [-0.1, -0.05) is 30.3 Å². The maximum Gasteiger partial charge on any atom is 0.407 e. The number of amides is 2. The van der Waals surface area contributed by atoms with E-state index >= 15 is 0 Å². The number of carbonyl (C=O) groups is 3. The van der Waals surface area contributed by atoms with E-state index in [0.717, 1.165) is 18.4 Å². The predicted octanol–water partition coefficient (Wildman–Crippen LogP) is 2.16. The second-order valence-electron chi connectivity index (χ2n) is 6.13. The van der Waals surface area contributed by atoms with E-state index in [1.165, 1.54) is 0 Å². The van der Waals surface area contributed by atoms with Gasteiger partial charge in [-0.2, -0.15) is 0 Å². The second kappa shape index (κ2) is 9.66. The van der Waals surface area contributed by atoms with Crippen LogP contribution in [0.2, 0.25) is 0 Å². The molecular formula is C18H24N2O5. The van der Waals surface area contributed by atoms with Crippen LogP contribution in [-0.4, -0.2) is 47.1 Å². The summed E-state index contributed by atoms with van der Waals surface area (Å²) >= 11 is 0. The Bertz CT molecular complexity index is 590. The molecule has 1 unspecified atom stereocenters. The molecule has 0 bridgehead atoms. The van der Waals surface area contributed by atoms with Crippen LogP contribution in [0, 0.1) is 0 Å². The molecule has 1 fully saturated rings. The number of likely N-dealkylation sites (tertiary alicyclic amines) is 1. The molecule has 2 N–H and O–H groups in total. The van der Waals surface area contributed by atoms with E-state index in [-0.39, 0.29) is 18.9 Å². The highest BCUT2D eigenvalue weighted by atomic mass is 16.5. The van der Waals surface area contributed by atoms with Gasteiger partial charge in [0, 0.05) is 25.6 Å². The zero-order valence-electron chi connectivity index (χ0n) is 14.1. The molecular weight excluding hydrogens is 324 g/mol. The Morgan fingerprint density at radius 1 is 1.24 bits per heavy atom. The Morgan fingerprint density at radius 2 is 2.00 bits per heavy atom. The van der Waals surface area contributed by atoms with Crippen molar-refractivity contribution in [3.8, 4) is 0 Å². The van der Waals surface area contributed by atoms with Crippen molar-refractivity contribution in [2.24, 2.45) is 0 Å². The minimum absolute atomic E-state index is 0.0898. The van der Waals surface area contributed by atoms with E-state index in [0.29, 0.717) is 25.9 Å². The second-order valence-corrected chi connectivity index (χ2v) is 6.13. The molecule has 1 aromatic carbocycles. The SMILES string of the molecule is O=C(O)CC(CCN1CCCCC1=O)NC(=O)OCc1ccccc1. The maximum absolute atomic E-state index is 11.9. The molecule has 7 nitrogen and oxygen atoms in total. The number of hydrogen-bond donors (Lipinski definition) is 2. The Hall–Kier alpha value is -2.57. The fraction of sp³-hybridized carbons (Fsp3) is 0.500. The van der Waals surface area contributed by atoms with Crippen LogP contribution in [0.5, 0.6) is 0 Å². The molecule has 1 saturated heterocycles. The topological polar surface area (TPSA) is 95.9 Å². The number of rotatable bonds is 8. The van der Waals surface area contributed by atoms with Crippen LogP contribution in [-0.2, 0) is 20.9 Å². The molecule has 2 rings (SSSR count). The molecule has 0 saturated carbocycles. The van der Waals surface area contributed by atoms with Crippen LogP contribution in [0.4, 0.5) is 4.79 Å². The largest absolute Gasteiger partial charge is 0.481 e. The molecule has 1 aliphatic heterocycles. The Labute approximate surface area is 147 Å². The number of aliphatic carboxylic acids is 1. The molecule has 1 aromatic rings. The summed E-state index contributed by atoms with van der Waals surface area (Å²) in [5, 5.41) is 11.6. The molecule has 0 spiro atoms. The Kier molecular flexibility index (Phi) is 7.25. The van der Waals surface area contributed by atoms with E-state index in [1.807, 2.05) is 30.3 Å². The number of alkyl carbamates (subject to hydrolysis) is 1. The van der Waals surface area contributed by atoms with Crippen molar-refractivity contribution in [2.45, 2.75) is 44.8 Å². The highest BCUT2D eigenvalue weighted by Crippen LogP contribution is 2.12. The number of piperidine rings is 1. The molecule has 0 aromatic heterocycles. The summed E-state index contributed by atoms with van der Waals surface area (Å²) in [5.41, 5.74) is 0.853. The quantitative estimate of drug-likeness (QED) is 0.750. The third kappa shape index (κ3) is 6.82. The maximum atomic E-state index is 11.9. The number of carbonyl (C=O) groups excluding carboxylic acids is 2. The van der Waals surface area contributed by atoms with Gasteiger partial charge in [0.05, 0.1) is 6.42 Å². The van der Waals surface area contributed by atoms with Crippen LogP contribution < -0.4 is 5.32 Å². The number of carboxylic acid groups (broad SMARTS) is 1. The number of benzene rings is 1. The van der Waals surface area contributed by atoms with E-state index in [2.05, 4.69) is 5.32 Å². The third-order valence-corrected chi connectivity index (χ3v) is 4.12. The predicted molar refractivity (Wildman–Crippen MR) is 90.9 cm³/mol. The molecule has 0 aliphatic carbocycles. The zero-order chi connectivity index (χ0) is 18.1. The van der Waals surface area contributed by atoms with Gasteiger partial charge in [0.15, 0.2) is 0 Å². The standard InChI is InChI=1S/C18H24N2O5/c21-16-8-4-5-10-20(16)11-9-15(12-17(22)23)19-18(24)25-13-14-6-2-1-3-7-14/h1-3,6-7,15H,4-5,8-13H2,(H,19,24)(H,22,23). The van der Waals surface area contributed by atoms with Crippen molar-refractivity contribution >= 4 is 18.0 Å². The number of nitrogens with one attached hydrogen (secondary N) is 1. The lowest BCUT2D eigenvalue weighted by Crippen LogP contribution is -2.42. The highest BCUT2D eigenvalue weighted by molar-refractivity contribution is 5.76. The van der Waals surface area contributed by atoms with Gasteiger partial charge in [0.25, 0.3) is 0 Å². The van der Waals surface area contributed by atoms with Gasteiger partial charge in [0.1, 0.15) is 6.61 Å². The highest BCUT2D eigenvalue weighted by Gasteiger charge is 2.22. The first kappa shape index (κ1) is 18.8. The van der Waals surface area contributed by atoms with Crippen molar-refractivity contribution in [3.63, 3.8) is 0 Å². The van der Waals surface area contributed by atoms with Crippen molar-refractivity contribution < 1.29 is 24.2 Å². The van der Waals surface area contributed by atoms with Gasteiger partial charge in [-0.05, 0) is 24.8 Å². The summed E-state index contributed by atoms with van der Waals surface area (Å²) in [4.78, 5) is 36.5. The van der Waals surface area contributed by atoms with Crippen molar-refractivity contribution in [1.29, 1.82) is 0 Å². The van der Waals surface area contributed by atoms with Gasteiger partial charge in [-0.25, -0.2) is 4.79 Å². The molecule has 1 atom stereocenters. The van der Waals surface area contributed by atoms with Crippen LogP contribution in [0.15, 0.2) is 30.3 Å². The average Bonchev–Trinajstić information content (AvgIpc) is 2.59. The van der Waals surface area contributed by atoms with Crippen molar-refractivity contribution in [1.82, 2.24) is 10.2 Å². The third-order valence-electron chi connectivity index (χ3n) is 4.12. The smallest absolute Gasteiger partial charge is 0.407 e. The molecule has 0 radical (unpaired) electrons. The lowest BCUT2D eigenvalue weighted by Gasteiger charge is -2.28. The Morgan fingerprint density at radius 3 is 2.68 bits per heavy atom. The number of ether oxygens (including phenoxy) is 1. The summed E-state index contributed by atoms with van der Waals surface area (Å²) in [5.74, 6) is -0.912. The van der Waals surface area contributed by atoms with Gasteiger partial charge in [-0.15, -0.1) is 0 Å². The first-order chi connectivity index (χ1) is 12.0. The van der Waals surface area contributed by atoms with E-state index in [9.17, 15) is 14.4 Å². The summed E-state index contributed by atoms with van der Waals surface area (Å²) in [7, 11) is 0. The zero-order valence-corrected chi connectivity index (χ0v) is 14.1. The number of nitrogens with zero attached hydrogens (tertiary/aromatic N) is 1. The summed E-state index contributed by atoms with van der Waals surface area (Å²) in [6.07, 6.45) is 1.93. The number of carboxylic acids is 1. The average molecular weight is 348 g/mol. The van der Waals surface area contributed by atoms with Gasteiger partial charge in [0.2, 0.25) is 5.91 Å². The van der Waals surface area contributed by atoms with Crippen LogP contribution in [0.25, 0.3) is 0 Å². The van der Waals surface area contributed by atoms with E-state index in [4.69, 9.17) is 9.84 Å². The minimum atomic E-state index is -1.00. The van der Waals surface area contributed by atoms with Gasteiger partial charge in [-0.3, -0.25) is 9.59 Å². The van der Waals surface area contributed by atoms with E-state index < -0.39 is 18.1 Å². The lowest BCUT2D eigenvalue weighted by atomic mass is 10.1. The van der Waals surface area contributed by atoms with Crippen molar-refractivity contribution in [2.75, 3.05) is 13.1 Å². The molecule has 2 amide bonds. The lowest BCUT2D eigenvalue weighted by molar-refractivity contribution is -0.137. The molecule has 1 heterocycles. The first-order valence-electron chi connectivity index (χ1n) is 8.51. The summed E-state index contributed by atoms with van der Waals surface area (Å²) in [6, 6.07) is 8.66. The summed E-state index contributed by atoms with van der Waals surface area (Å²) in [6.45, 7) is 1.25. The Balaban J connectivity index is 1.80. The van der Waals surface area contributed by atoms with Crippen LogP contribution in [0.3, 0.4) is 0 Å². The van der Waals surface area contributed by atoms with Crippen LogP contribution in [0.1, 0.15) is 37.7 Å². The molecule has 7 heteroatoms. The monoisotopic (exact) mass is 348 g/mol. The summed E-state index contributed by atoms with van der Waals surface area (Å²) < 4.78 is 5.13. The van der Waals surface area contributed by atoms with E-state index in [1.54, 1.807) is 4.90 Å². The van der Waals surface area contributed by atoms with Crippen LogP contribution >= 0.6 is 0 Å². The number of hydrogen-bond acceptors (Lipinski definition) is 4. The fourth-order valence-electron chi connectivity index (χ4n) is 2.78. The fourth-order valence-corrected chi connectivity index (χ4v) is 2.78. The molecule has 136 valence electrons. The van der Waals surface area contributed by atoms with Crippen molar-refractivity contribution in [3.05, 3.63) is 35.9 Å². The van der Waals surface area contributed by atoms with Gasteiger partial charge < -0.3 is 20.1 Å². The normalized spacial score (nSPS) is 15.5. The molecule has 25 heavy (non-hydrogen) atoms. The molecule has 1 aliphatic rings. The first-order valence-corrected chi connectivity index (χ1v) is 8.51.